The lowest BCUT2D eigenvalue weighted by molar-refractivity contribution is -0.125. The second-order valence-electron chi connectivity index (χ2n) is 3.88. The third-order valence-corrected chi connectivity index (χ3v) is 3.50. The number of hydrogen-bond donors (Lipinski definition) is 4. The average Bonchev–Trinajstić information content (AvgIpc) is 2.35. The first-order valence-electron chi connectivity index (χ1n) is 5.63. The molecule has 1 aliphatic rings. The van der Waals surface area contributed by atoms with E-state index in [2.05, 4.69) is 21.3 Å². The van der Waals surface area contributed by atoms with Crippen molar-refractivity contribution < 1.29 is 14.4 Å². The molecule has 1 aliphatic heterocycles. The van der Waals surface area contributed by atoms with Crippen LogP contribution in [0.2, 0.25) is 0 Å². The first kappa shape index (κ1) is 14.8. The molecule has 1 fully saturated rings. The molecule has 1 heterocycles. The van der Waals surface area contributed by atoms with Crippen LogP contribution in [0.1, 0.15) is 12.8 Å². The Morgan fingerprint density at radius 1 is 1.33 bits per heavy atom. The van der Waals surface area contributed by atoms with Gasteiger partial charge in [-0.1, -0.05) is 0 Å². The average molecular weight is 274 g/mol. The van der Waals surface area contributed by atoms with Gasteiger partial charge in [0.2, 0.25) is 17.7 Å². The molecule has 102 valence electrons. The summed E-state index contributed by atoms with van der Waals surface area (Å²) in [6.45, 7) is 0. The molecular weight excluding hydrogens is 256 g/mol. The topological polar surface area (TPSA) is 99.3 Å². The van der Waals surface area contributed by atoms with Crippen molar-refractivity contribution in [2.45, 2.75) is 24.4 Å². The van der Waals surface area contributed by atoms with Crippen molar-refractivity contribution in [3.05, 3.63) is 0 Å². The molecule has 8 heteroatoms. The summed E-state index contributed by atoms with van der Waals surface area (Å²) in [6.07, 6.45) is 0.519. The number of rotatable bonds is 5. The molecule has 0 aromatic rings. The zero-order valence-corrected chi connectivity index (χ0v) is 11.2. The second kappa shape index (κ2) is 7.22. The van der Waals surface area contributed by atoms with E-state index in [-0.39, 0.29) is 47.9 Å². The molecule has 0 aromatic heterocycles. The molecule has 0 aliphatic carbocycles. The summed E-state index contributed by atoms with van der Waals surface area (Å²) in [6, 6.07) is -0.194. The number of carbonyl (C=O) groups is 3. The van der Waals surface area contributed by atoms with E-state index in [0.29, 0.717) is 0 Å². The van der Waals surface area contributed by atoms with Crippen LogP contribution < -0.4 is 21.3 Å². The van der Waals surface area contributed by atoms with Gasteiger partial charge in [-0.2, -0.15) is 0 Å². The summed E-state index contributed by atoms with van der Waals surface area (Å²) < 4.78 is 0. The van der Waals surface area contributed by atoms with Gasteiger partial charge in [-0.25, -0.2) is 0 Å². The van der Waals surface area contributed by atoms with E-state index < -0.39 is 0 Å². The van der Waals surface area contributed by atoms with Crippen molar-refractivity contribution in [2.24, 2.45) is 0 Å². The maximum absolute atomic E-state index is 11.5. The smallest absolute Gasteiger partial charge is 0.229 e. The lowest BCUT2D eigenvalue weighted by atomic mass is 10.1. The van der Waals surface area contributed by atoms with Crippen LogP contribution in [0.15, 0.2) is 0 Å². The number of amides is 3. The van der Waals surface area contributed by atoms with E-state index in [1.54, 1.807) is 14.1 Å². The lowest BCUT2D eigenvalue weighted by Gasteiger charge is -2.30. The number of hydrogen-bond acceptors (Lipinski definition) is 5. The molecule has 2 atom stereocenters. The predicted octanol–water partition coefficient (Wildman–Crippen LogP) is -1.64. The monoisotopic (exact) mass is 274 g/mol. The zero-order valence-electron chi connectivity index (χ0n) is 10.4. The van der Waals surface area contributed by atoms with E-state index in [1.165, 1.54) is 11.8 Å². The molecular formula is C10H18N4O3S. The van der Waals surface area contributed by atoms with E-state index >= 15 is 0 Å². The molecule has 2 unspecified atom stereocenters. The van der Waals surface area contributed by atoms with Gasteiger partial charge in [-0.15, -0.1) is 11.8 Å². The summed E-state index contributed by atoms with van der Waals surface area (Å²) >= 11 is 1.29. The van der Waals surface area contributed by atoms with Crippen LogP contribution in [-0.2, 0) is 14.4 Å². The molecule has 18 heavy (non-hydrogen) atoms. The predicted molar refractivity (Wildman–Crippen MR) is 68.7 cm³/mol. The summed E-state index contributed by atoms with van der Waals surface area (Å²) in [7, 11) is 3.12. The van der Waals surface area contributed by atoms with Crippen molar-refractivity contribution in [3.8, 4) is 0 Å². The first-order chi connectivity index (χ1) is 8.55. The van der Waals surface area contributed by atoms with Gasteiger partial charge in [0.15, 0.2) is 0 Å². The van der Waals surface area contributed by atoms with Gasteiger partial charge in [0.25, 0.3) is 0 Å². The SMILES string of the molecule is CNC(=O)CSC1NC(=O)CC(CC(=O)NC)N1. The third kappa shape index (κ3) is 4.92. The minimum absolute atomic E-state index is 0.107. The van der Waals surface area contributed by atoms with Crippen LogP contribution in [0.4, 0.5) is 0 Å². The van der Waals surface area contributed by atoms with E-state index in [0.717, 1.165) is 0 Å². The highest BCUT2D eigenvalue weighted by atomic mass is 32.2. The highest BCUT2D eigenvalue weighted by Crippen LogP contribution is 2.13. The zero-order chi connectivity index (χ0) is 13.5. The summed E-state index contributed by atoms with van der Waals surface area (Å²) in [5.41, 5.74) is -0.335. The molecule has 0 radical (unpaired) electrons. The normalized spacial score (nSPS) is 23.1. The Hall–Kier alpha value is -1.28. The van der Waals surface area contributed by atoms with E-state index in [4.69, 9.17) is 0 Å². The standard InChI is InChI=1S/C10H18N4O3S/c1-11-7(15)3-6-4-8(16)14-10(13-6)18-5-9(17)12-2/h6,10,13H,3-5H2,1-2H3,(H,11,15)(H,12,17)(H,14,16). The van der Waals surface area contributed by atoms with Gasteiger partial charge in [-0.05, 0) is 0 Å². The summed E-state index contributed by atoms with van der Waals surface area (Å²) in [4.78, 5) is 33.8. The molecule has 1 rings (SSSR count). The van der Waals surface area contributed by atoms with Crippen molar-refractivity contribution in [1.82, 2.24) is 21.3 Å². The van der Waals surface area contributed by atoms with Crippen molar-refractivity contribution in [1.29, 1.82) is 0 Å². The molecule has 1 saturated heterocycles. The minimum Gasteiger partial charge on any atom is -0.359 e. The second-order valence-corrected chi connectivity index (χ2v) is 4.97. The number of thioether (sulfide) groups is 1. The van der Waals surface area contributed by atoms with Gasteiger partial charge < -0.3 is 16.0 Å². The van der Waals surface area contributed by atoms with Crippen LogP contribution in [0, 0.1) is 0 Å². The van der Waals surface area contributed by atoms with Gasteiger partial charge in [-0.3, -0.25) is 19.7 Å². The van der Waals surface area contributed by atoms with Crippen molar-refractivity contribution in [3.63, 3.8) is 0 Å². The number of nitrogens with one attached hydrogen (secondary N) is 4. The van der Waals surface area contributed by atoms with Crippen molar-refractivity contribution in [2.75, 3.05) is 19.8 Å². The van der Waals surface area contributed by atoms with Crippen LogP contribution in [0.5, 0.6) is 0 Å². The van der Waals surface area contributed by atoms with Crippen LogP contribution in [-0.4, -0.2) is 49.1 Å². The van der Waals surface area contributed by atoms with Gasteiger partial charge in [0.05, 0.1) is 5.75 Å². The molecule has 7 nitrogen and oxygen atoms in total. The Morgan fingerprint density at radius 3 is 2.61 bits per heavy atom. The third-order valence-electron chi connectivity index (χ3n) is 2.48. The highest BCUT2D eigenvalue weighted by molar-refractivity contribution is 8.00. The summed E-state index contributed by atoms with van der Waals surface area (Å²) in [5.74, 6) is -0.0833. The van der Waals surface area contributed by atoms with Crippen LogP contribution >= 0.6 is 11.8 Å². The van der Waals surface area contributed by atoms with Crippen LogP contribution in [0.3, 0.4) is 0 Å². The molecule has 4 N–H and O–H groups in total. The quantitative estimate of drug-likeness (QED) is 0.482. The van der Waals surface area contributed by atoms with Gasteiger partial charge >= 0.3 is 0 Å². The number of carbonyl (C=O) groups excluding carboxylic acids is 3. The fourth-order valence-corrected chi connectivity index (χ4v) is 2.49. The Labute approximate surface area is 110 Å². The van der Waals surface area contributed by atoms with Gasteiger partial charge in [0.1, 0.15) is 5.50 Å². The highest BCUT2D eigenvalue weighted by Gasteiger charge is 2.27. The molecule has 0 spiro atoms. The maximum atomic E-state index is 11.5. The Bertz CT molecular complexity index is 337. The minimum atomic E-state index is -0.335. The maximum Gasteiger partial charge on any atom is 0.229 e. The Morgan fingerprint density at radius 2 is 2.00 bits per heavy atom. The van der Waals surface area contributed by atoms with Crippen LogP contribution in [0.25, 0.3) is 0 Å². The fraction of sp³-hybridized carbons (Fsp3) is 0.700. The molecule has 3 amide bonds. The Kier molecular flexibility index (Phi) is 5.93. The summed E-state index contributed by atoms with van der Waals surface area (Å²) in [5, 5.41) is 10.9. The largest absolute Gasteiger partial charge is 0.359 e. The van der Waals surface area contributed by atoms with Crippen molar-refractivity contribution >= 4 is 29.5 Å². The Balaban J connectivity index is 2.42. The molecule has 0 saturated carbocycles. The molecule has 0 bridgehead atoms. The first-order valence-corrected chi connectivity index (χ1v) is 6.68. The molecule has 0 aromatic carbocycles. The van der Waals surface area contributed by atoms with E-state index in [1.807, 2.05) is 0 Å². The lowest BCUT2D eigenvalue weighted by Crippen LogP contribution is -2.55. The fourth-order valence-electron chi connectivity index (χ4n) is 1.52. The van der Waals surface area contributed by atoms with E-state index in [9.17, 15) is 14.4 Å². The van der Waals surface area contributed by atoms with Gasteiger partial charge in [0, 0.05) is 33.0 Å².